The minimum Gasteiger partial charge on any atom is -0.340 e. The summed E-state index contributed by atoms with van der Waals surface area (Å²) < 4.78 is 0. The normalized spacial score (nSPS) is 23.0. The fourth-order valence-electron chi connectivity index (χ4n) is 0.348. The van der Waals surface area contributed by atoms with Crippen LogP contribution in [0.4, 0.5) is 0 Å². The van der Waals surface area contributed by atoms with Gasteiger partial charge in [0.2, 0.25) is 0 Å². The van der Waals surface area contributed by atoms with Crippen molar-refractivity contribution in [2.45, 2.75) is 12.2 Å². The maximum atomic E-state index is 2.25. The van der Waals surface area contributed by atoms with Crippen molar-refractivity contribution >= 4 is 23.5 Å². The molecule has 1 heterocycles. The zero-order valence-electron chi connectivity index (χ0n) is 5.41. The quantitative estimate of drug-likeness (QED) is 0.585. The molecule has 1 fully saturated rings. The Labute approximate surface area is 141 Å². The Hall–Kier alpha value is 4.01. The fraction of sp³-hybridized carbons (Fsp3) is 0.750. The van der Waals surface area contributed by atoms with Gasteiger partial charge in [0.1, 0.15) is 0 Å². The van der Waals surface area contributed by atoms with Gasteiger partial charge in [0.05, 0.1) is 0 Å². The molecule has 1 aliphatic heterocycles. The molecule has 0 nitrogen and oxygen atoms in total. The molecule has 0 N–H and O–H groups in total. The maximum Gasteiger partial charge on any atom is 0 e. The van der Waals surface area contributed by atoms with Crippen molar-refractivity contribution in [1.29, 1.82) is 0 Å². The van der Waals surface area contributed by atoms with Crippen LogP contribution >= 0.6 is 23.5 Å². The predicted molar refractivity (Wildman–Crippen MR) is 33.8 cm³/mol. The van der Waals surface area contributed by atoms with Crippen molar-refractivity contribution in [1.82, 2.24) is 0 Å². The van der Waals surface area contributed by atoms with Gasteiger partial charge in [-0.25, -0.2) is 5.08 Å². The molecule has 3 radical (unpaired) electrons. The zero-order valence-corrected chi connectivity index (χ0v) is 15.6. The van der Waals surface area contributed by atoms with Gasteiger partial charge in [-0.15, -0.1) is 0 Å². The van der Waals surface area contributed by atoms with Gasteiger partial charge in [-0.2, -0.15) is 0 Å². The molecule has 0 aromatic rings. The molecule has 0 aromatic carbocycles. The SMILES string of the molecule is CC1CS[CH-]S1.[Y].[Y].[Y]. The molecule has 1 unspecified atom stereocenters. The van der Waals surface area contributed by atoms with E-state index in [2.05, 4.69) is 12.0 Å². The van der Waals surface area contributed by atoms with Crippen LogP contribution in [-0.2, 0) is 98.1 Å². The van der Waals surface area contributed by atoms with E-state index in [-0.39, 0.29) is 98.1 Å². The summed E-state index contributed by atoms with van der Waals surface area (Å²) in [5.41, 5.74) is 0. The molecule has 1 atom stereocenters. The second-order valence-electron chi connectivity index (χ2n) is 1.38. The van der Waals surface area contributed by atoms with Crippen molar-refractivity contribution in [2.75, 3.05) is 5.75 Å². The summed E-state index contributed by atoms with van der Waals surface area (Å²) in [5, 5.41) is 3.08. The number of thioether (sulfide) groups is 2. The summed E-state index contributed by atoms with van der Waals surface area (Å²) in [4.78, 5) is 0. The molecule has 0 bridgehead atoms. The smallest absolute Gasteiger partial charge is 0 e. The van der Waals surface area contributed by atoms with Crippen LogP contribution in [-0.4, -0.2) is 11.0 Å². The third-order valence-electron chi connectivity index (χ3n) is 0.687. The molecule has 0 spiro atoms. The van der Waals surface area contributed by atoms with Crippen molar-refractivity contribution in [3.63, 3.8) is 0 Å². The maximum absolute atomic E-state index is 2.25. The number of hydrogen-bond acceptors (Lipinski definition) is 2. The van der Waals surface area contributed by atoms with Crippen LogP contribution in [0.5, 0.6) is 0 Å². The van der Waals surface area contributed by atoms with Crippen LogP contribution in [0.1, 0.15) is 6.92 Å². The van der Waals surface area contributed by atoms with Crippen molar-refractivity contribution in [3.8, 4) is 0 Å². The van der Waals surface area contributed by atoms with E-state index in [1.54, 1.807) is 0 Å². The summed E-state index contributed by atoms with van der Waals surface area (Å²) in [6.45, 7) is 2.25. The van der Waals surface area contributed by atoms with Gasteiger partial charge in [0, 0.05) is 98.1 Å². The first-order valence-corrected chi connectivity index (χ1v) is 3.97. The van der Waals surface area contributed by atoms with Crippen LogP contribution in [0.15, 0.2) is 0 Å². The molecular weight excluding hydrogens is 379 g/mol. The molecule has 0 aromatic heterocycles. The molecule has 1 rings (SSSR count). The van der Waals surface area contributed by atoms with E-state index in [0.29, 0.717) is 0 Å². The third-order valence-corrected chi connectivity index (χ3v) is 3.21. The summed E-state index contributed by atoms with van der Waals surface area (Å²) in [6.07, 6.45) is 0. The Morgan fingerprint density at radius 1 is 1.33 bits per heavy atom. The number of rotatable bonds is 0. The Morgan fingerprint density at radius 3 is 2.00 bits per heavy atom. The van der Waals surface area contributed by atoms with Gasteiger partial charge in [-0.05, 0) is 11.0 Å². The van der Waals surface area contributed by atoms with Crippen molar-refractivity contribution in [2.24, 2.45) is 0 Å². The zero-order chi connectivity index (χ0) is 4.41. The standard InChI is InChI=1S/C4H7S2.3Y/c1-4-2-5-3-6-4;;;/h3-4H,2H2,1H3;;;/q-1;;;. The predicted octanol–water partition coefficient (Wildman–Crippen LogP) is 1.97. The summed E-state index contributed by atoms with van der Waals surface area (Å²) in [6, 6.07) is 0. The first-order chi connectivity index (χ1) is 2.89. The van der Waals surface area contributed by atoms with E-state index in [0.717, 1.165) is 5.25 Å². The van der Waals surface area contributed by atoms with Crippen LogP contribution in [0.3, 0.4) is 0 Å². The van der Waals surface area contributed by atoms with Crippen LogP contribution in [0.25, 0.3) is 0 Å². The van der Waals surface area contributed by atoms with Gasteiger partial charge in [-0.1, -0.05) is 6.92 Å². The van der Waals surface area contributed by atoms with Gasteiger partial charge in [0.25, 0.3) is 0 Å². The van der Waals surface area contributed by atoms with Crippen LogP contribution in [0, 0.1) is 5.08 Å². The third kappa shape index (κ3) is 9.93. The first-order valence-electron chi connectivity index (χ1n) is 1.98. The average molecular weight is 386 g/mol. The van der Waals surface area contributed by atoms with Gasteiger partial charge < -0.3 is 23.5 Å². The van der Waals surface area contributed by atoms with E-state index in [1.807, 2.05) is 23.5 Å². The number of hydrogen-bond donors (Lipinski definition) is 0. The molecule has 0 saturated carbocycles. The van der Waals surface area contributed by atoms with E-state index < -0.39 is 0 Å². The van der Waals surface area contributed by atoms with E-state index in [9.17, 15) is 0 Å². The minimum absolute atomic E-state index is 0. The largest absolute Gasteiger partial charge is 0.340 e. The van der Waals surface area contributed by atoms with Crippen LogP contribution in [0.2, 0.25) is 0 Å². The van der Waals surface area contributed by atoms with E-state index in [1.165, 1.54) is 5.75 Å². The second-order valence-corrected chi connectivity index (χ2v) is 3.89. The van der Waals surface area contributed by atoms with Crippen LogP contribution < -0.4 is 0 Å². The van der Waals surface area contributed by atoms with Gasteiger partial charge in [0.15, 0.2) is 0 Å². The Morgan fingerprint density at radius 2 is 1.89 bits per heavy atom. The second kappa shape index (κ2) is 12.0. The topological polar surface area (TPSA) is 0 Å². The molecule has 0 amide bonds. The fourth-order valence-corrected chi connectivity index (χ4v) is 2.56. The molecule has 45 valence electrons. The molecule has 5 heteroatoms. The molecule has 0 aliphatic carbocycles. The average Bonchev–Trinajstić information content (AvgIpc) is 1.86. The molecule has 1 saturated heterocycles. The van der Waals surface area contributed by atoms with E-state index >= 15 is 0 Å². The Balaban J connectivity index is -0.000000120. The Bertz CT molecular complexity index is 47.1. The molecular formula is C4H7S2Y3-. The summed E-state index contributed by atoms with van der Waals surface area (Å²) in [7, 11) is 0. The van der Waals surface area contributed by atoms with Gasteiger partial charge in [-0.3, -0.25) is 0 Å². The van der Waals surface area contributed by atoms with Gasteiger partial charge >= 0.3 is 0 Å². The summed E-state index contributed by atoms with van der Waals surface area (Å²) in [5.74, 6) is 1.31. The molecule has 9 heavy (non-hydrogen) atoms. The van der Waals surface area contributed by atoms with E-state index in [4.69, 9.17) is 0 Å². The molecule has 1 aliphatic rings. The Kier molecular flexibility index (Phi) is 25.0. The minimum atomic E-state index is 0. The summed E-state index contributed by atoms with van der Waals surface area (Å²) >= 11 is 3.86. The van der Waals surface area contributed by atoms with Crippen molar-refractivity contribution < 1.29 is 98.1 Å². The monoisotopic (exact) mass is 386 g/mol. The van der Waals surface area contributed by atoms with Crippen molar-refractivity contribution in [3.05, 3.63) is 5.08 Å². The first kappa shape index (κ1) is 18.7.